The molecule has 0 aliphatic carbocycles. The highest BCUT2D eigenvalue weighted by atomic mass is 31.2. The molecule has 0 radical (unpaired) electrons. The molecule has 9 heteroatoms. The van der Waals surface area contributed by atoms with Gasteiger partial charge in [0.05, 0.1) is 39.9 Å². The topological polar surface area (TPSA) is 108 Å². The van der Waals surface area contributed by atoms with Gasteiger partial charge in [-0.15, -0.1) is 0 Å². The van der Waals surface area contributed by atoms with E-state index in [1.54, 1.807) is 0 Å². The molecule has 2 N–H and O–H groups in total. The molecule has 428 valence electrons. The van der Waals surface area contributed by atoms with Gasteiger partial charge in [0.15, 0.2) is 0 Å². The van der Waals surface area contributed by atoms with Crippen molar-refractivity contribution in [3.05, 3.63) is 60.8 Å². The Morgan fingerprint density at radius 3 is 1.22 bits per heavy atom. The number of phosphoric acid groups is 1. The molecular weight excluding hydrogens is 924 g/mol. The van der Waals surface area contributed by atoms with Crippen molar-refractivity contribution < 1.29 is 32.9 Å². The van der Waals surface area contributed by atoms with Gasteiger partial charge in [-0.1, -0.05) is 286 Å². The van der Waals surface area contributed by atoms with Crippen molar-refractivity contribution in [2.24, 2.45) is 0 Å². The smallest absolute Gasteiger partial charge is 0.268 e. The highest BCUT2D eigenvalue weighted by molar-refractivity contribution is 7.45. The number of allylic oxidation sites excluding steroid dienone is 10. The molecule has 0 fully saturated rings. The summed E-state index contributed by atoms with van der Waals surface area (Å²) in [6, 6.07) is -0.801. The summed E-state index contributed by atoms with van der Waals surface area (Å²) in [6.45, 7) is 4.64. The van der Waals surface area contributed by atoms with Crippen molar-refractivity contribution >= 4 is 13.7 Å². The molecule has 0 aromatic carbocycles. The van der Waals surface area contributed by atoms with Crippen LogP contribution >= 0.6 is 7.82 Å². The van der Waals surface area contributed by atoms with Gasteiger partial charge in [-0.2, -0.15) is 0 Å². The number of hydrogen-bond donors (Lipinski definition) is 2. The maximum atomic E-state index is 13.0. The van der Waals surface area contributed by atoms with Crippen LogP contribution in [0.15, 0.2) is 60.8 Å². The third kappa shape index (κ3) is 57.7. The van der Waals surface area contributed by atoms with Crippen molar-refractivity contribution in [3.8, 4) is 0 Å². The number of amides is 1. The lowest BCUT2D eigenvalue weighted by molar-refractivity contribution is -0.870. The van der Waals surface area contributed by atoms with Crippen LogP contribution in [0.1, 0.15) is 290 Å². The van der Waals surface area contributed by atoms with E-state index in [1.165, 1.54) is 193 Å². The van der Waals surface area contributed by atoms with Crippen LogP contribution in [-0.4, -0.2) is 68.5 Å². The Balaban J connectivity index is 3.99. The molecule has 8 nitrogen and oxygen atoms in total. The number of unbranched alkanes of at least 4 members (excludes halogenated alkanes) is 34. The molecule has 0 aliphatic heterocycles. The van der Waals surface area contributed by atoms with Crippen molar-refractivity contribution in [2.45, 2.75) is 302 Å². The highest BCUT2D eigenvalue weighted by Crippen LogP contribution is 2.38. The molecular formula is C64H121N2O6P. The summed E-state index contributed by atoms with van der Waals surface area (Å²) in [6.07, 6.45) is 74.1. The van der Waals surface area contributed by atoms with Gasteiger partial charge < -0.3 is 28.8 Å². The van der Waals surface area contributed by atoms with E-state index in [0.717, 1.165) is 70.6 Å². The molecule has 1 amide bonds. The van der Waals surface area contributed by atoms with Crippen LogP contribution in [0.2, 0.25) is 0 Å². The fourth-order valence-corrected chi connectivity index (χ4v) is 9.91. The molecule has 3 atom stereocenters. The lowest BCUT2D eigenvalue weighted by atomic mass is 10.0. The number of carbonyl (C=O) groups is 1. The summed E-state index contributed by atoms with van der Waals surface area (Å²) in [5.41, 5.74) is 0. The second kappa shape index (κ2) is 55.0. The number of hydrogen-bond acceptors (Lipinski definition) is 6. The van der Waals surface area contributed by atoms with Crippen LogP contribution in [-0.2, 0) is 18.4 Å². The van der Waals surface area contributed by atoms with Crippen molar-refractivity contribution in [2.75, 3.05) is 40.9 Å². The number of aliphatic hydroxyl groups is 1. The van der Waals surface area contributed by atoms with Gasteiger partial charge in [-0.3, -0.25) is 9.36 Å². The summed E-state index contributed by atoms with van der Waals surface area (Å²) < 4.78 is 23.4. The van der Waals surface area contributed by atoms with Crippen LogP contribution in [0.3, 0.4) is 0 Å². The summed E-state index contributed by atoms with van der Waals surface area (Å²) in [5, 5.41) is 14.0. The van der Waals surface area contributed by atoms with Gasteiger partial charge in [0.1, 0.15) is 13.2 Å². The minimum atomic E-state index is -4.57. The molecule has 0 spiro atoms. The lowest BCUT2D eigenvalue weighted by Crippen LogP contribution is -2.46. The number of phosphoric ester groups is 1. The molecule has 73 heavy (non-hydrogen) atoms. The minimum absolute atomic E-state index is 0.0128. The summed E-state index contributed by atoms with van der Waals surface area (Å²) in [5.74, 6) is -0.161. The fourth-order valence-electron chi connectivity index (χ4n) is 9.19. The van der Waals surface area contributed by atoms with E-state index < -0.39 is 20.0 Å². The third-order valence-corrected chi connectivity index (χ3v) is 15.0. The molecule has 0 rings (SSSR count). The minimum Gasteiger partial charge on any atom is -0.756 e. The average Bonchev–Trinajstić information content (AvgIpc) is 3.35. The molecule has 0 bridgehead atoms. The number of rotatable bonds is 57. The maximum absolute atomic E-state index is 13.0. The summed E-state index contributed by atoms with van der Waals surface area (Å²) >= 11 is 0. The maximum Gasteiger partial charge on any atom is 0.268 e. The number of nitrogens with zero attached hydrogens (tertiary/aromatic N) is 1. The van der Waals surface area contributed by atoms with Gasteiger partial charge in [0.2, 0.25) is 5.91 Å². The Bertz CT molecular complexity index is 1370. The van der Waals surface area contributed by atoms with E-state index in [-0.39, 0.29) is 19.1 Å². The molecule has 0 aromatic heterocycles. The number of aliphatic hydroxyl groups excluding tert-OH is 1. The second-order valence-electron chi connectivity index (χ2n) is 22.4. The summed E-state index contributed by atoms with van der Waals surface area (Å²) in [4.78, 5) is 25.6. The van der Waals surface area contributed by atoms with Crippen LogP contribution in [0.5, 0.6) is 0 Å². The van der Waals surface area contributed by atoms with Gasteiger partial charge in [0.25, 0.3) is 7.82 Å². The first-order chi connectivity index (χ1) is 35.5. The van der Waals surface area contributed by atoms with Crippen molar-refractivity contribution in [1.82, 2.24) is 5.32 Å². The molecule has 0 aromatic rings. The molecule has 0 aliphatic rings. The Hall–Kier alpha value is -1.80. The zero-order valence-electron chi connectivity index (χ0n) is 48.8. The first kappa shape index (κ1) is 71.2. The number of carbonyl (C=O) groups excluding carboxylic acids is 1. The lowest BCUT2D eigenvalue weighted by Gasteiger charge is -2.30. The third-order valence-electron chi connectivity index (χ3n) is 14.0. The predicted molar refractivity (Wildman–Crippen MR) is 316 cm³/mol. The van der Waals surface area contributed by atoms with E-state index in [1.807, 2.05) is 21.1 Å². The van der Waals surface area contributed by atoms with Crippen LogP contribution in [0, 0.1) is 0 Å². The van der Waals surface area contributed by atoms with E-state index in [2.05, 4.69) is 79.9 Å². The van der Waals surface area contributed by atoms with Crippen molar-refractivity contribution in [1.29, 1.82) is 0 Å². The quantitative estimate of drug-likeness (QED) is 0.0272. The standard InChI is InChI=1S/C64H121N2O6P/c1-6-8-10-12-14-16-18-20-22-24-25-26-27-28-29-30-31-32-33-34-35-36-37-38-39-40-41-42-44-46-48-50-52-54-56-58-64(68)65-62(61-72-73(69,70)71-60-59-66(3,4)5)63(67)57-55-53-51-49-47-45-43-23-21-19-17-15-13-11-9-7-2/h8,10,14,16,20,22,25-26,28-29,62-63,67H,6-7,9,11-13,15,17-19,21,23-24,27,30-61H2,1-5H3,(H-,65,68,69,70)/b10-8-,16-14-,22-20-,26-25-,29-28-. The Morgan fingerprint density at radius 1 is 0.493 bits per heavy atom. The zero-order chi connectivity index (χ0) is 53.5. The Kier molecular flexibility index (Phi) is 53.6. The van der Waals surface area contributed by atoms with Crippen LogP contribution < -0.4 is 10.2 Å². The largest absolute Gasteiger partial charge is 0.756 e. The van der Waals surface area contributed by atoms with Gasteiger partial charge >= 0.3 is 0 Å². The second-order valence-corrected chi connectivity index (χ2v) is 23.8. The molecule has 0 saturated carbocycles. The van der Waals surface area contributed by atoms with Gasteiger partial charge in [0, 0.05) is 6.42 Å². The van der Waals surface area contributed by atoms with Crippen LogP contribution in [0.4, 0.5) is 0 Å². The predicted octanol–water partition coefficient (Wildman–Crippen LogP) is 18.6. The Morgan fingerprint density at radius 2 is 0.836 bits per heavy atom. The first-order valence-corrected chi connectivity index (χ1v) is 32.6. The van der Waals surface area contributed by atoms with E-state index in [4.69, 9.17) is 9.05 Å². The molecule has 0 heterocycles. The summed E-state index contributed by atoms with van der Waals surface area (Å²) in [7, 11) is 1.31. The Labute approximate surface area is 453 Å². The van der Waals surface area contributed by atoms with E-state index in [0.29, 0.717) is 23.9 Å². The van der Waals surface area contributed by atoms with E-state index >= 15 is 0 Å². The van der Waals surface area contributed by atoms with Gasteiger partial charge in [-0.25, -0.2) is 0 Å². The van der Waals surface area contributed by atoms with Crippen LogP contribution in [0.25, 0.3) is 0 Å². The average molecular weight is 1050 g/mol. The molecule has 0 saturated heterocycles. The SMILES string of the molecule is CC/C=C\C/C=C\C/C=C\C/C=C\C/C=C\CCCCCCCCCCCCCCCCCCCCCC(=O)NC(COP(=O)([O-])OCC[N+](C)(C)C)C(O)CCCCCCCCCCCCCCCCCC. The van der Waals surface area contributed by atoms with Crippen molar-refractivity contribution in [3.63, 3.8) is 0 Å². The number of nitrogens with one attached hydrogen (secondary N) is 1. The normalized spacial score (nSPS) is 14.2. The highest BCUT2D eigenvalue weighted by Gasteiger charge is 2.24. The zero-order valence-corrected chi connectivity index (χ0v) is 49.7. The fraction of sp³-hybridized carbons (Fsp3) is 0.828. The van der Waals surface area contributed by atoms with E-state index in [9.17, 15) is 19.4 Å². The monoisotopic (exact) mass is 1040 g/mol. The number of likely N-dealkylation sites (N-methyl/N-ethyl adjacent to an activating group) is 1. The number of quaternary nitrogens is 1. The first-order valence-electron chi connectivity index (χ1n) is 31.1. The van der Waals surface area contributed by atoms with Gasteiger partial charge in [-0.05, 0) is 57.8 Å². The molecule has 3 unspecified atom stereocenters.